The molecule has 0 unspecified atom stereocenters. The molecule has 1 saturated heterocycles. The highest BCUT2D eigenvalue weighted by atomic mass is 32.2. The molecule has 0 spiro atoms. The largest absolute Gasteiger partial charge is 0.395 e. The molecule has 1 aliphatic heterocycles. The van der Waals surface area contributed by atoms with Gasteiger partial charge in [0.1, 0.15) is 17.4 Å². The van der Waals surface area contributed by atoms with Gasteiger partial charge in [-0.05, 0) is 18.6 Å². The van der Waals surface area contributed by atoms with Gasteiger partial charge in [-0.3, -0.25) is 0 Å². The second-order valence-corrected chi connectivity index (χ2v) is 5.63. The van der Waals surface area contributed by atoms with Crippen molar-refractivity contribution in [2.75, 3.05) is 25.6 Å². The van der Waals surface area contributed by atoms with Gasteiger partial charge in [-0.1, -0.05) is 6.07 Å². The minimum absolute atomic E-state index is 0.0156. The summed E-state index contributed by atoms with van der Waals surface area (Å²) in [6.07, 6.45) is 0.619. The predicted octanol–water partition coefficient (Wildman–Crippen LogP) is 0.776. The number of rotatable bonds is 2. The highest BCUT2D eigenvalue weighted by molar-refractivity contribution is 7.89. The first kappa shape index (κ1) is 12.3. The molecule has 1 heterocycles. The van der Waals surface area contributed by atoms with Gasteiger partial charge in [0, 0.05) is 13.2 Å². The van der Waals surface area contributed by atoms with Crippen LogP contribution in [0.3, 0.4) is 0 Å². The van der Waals surface area contributed by atoms with Crippen LogP contribution >= 0.6 is 0 Å². The lowest BCUT2D eigenvalue weighted by Gasteiger charge is -2.26. The van der Waals surface area contributed by atoms with E-state index < -0.39 is 15.8 Å². The Balaban J connectivity index is 2.40. The molecule has 0 bridgehead atoms. The van der Waals surface area contributed by atoms with E-state index in [0.717, 1.165) is 10.4 Å². The summed E-state index contributed by atoms with van der Waals surface area (Å²) in [4.78, 5) is -0.206. The Morgan fingerprint density at radius 3 is 2.82 bits per heavy atom. The SMILES string of the molecule is Nc1c(F)cccc1S(=O)(=O)N1CCCOC1. The zero-order valence-corrected chi connectivity index (χ0v) is 9.91. The summed E-state index contributed by atoms with van der Waals surface area (Å²) in [6, 6.07) is 3.74. The lowest BCUT2D eigenvalue weighted by molar-refractivity contribution is 0.0313. The molecule has 0 saturated carbocycles. The van der Waals surface area contributed by atoms with Gasteiger partial charge in [-0.2, -0.15) is 4.31 Å². The molecule has 94 valence electrons. The highest BCUT2D eigenvalue weighted by Gasteiger charge is 2.28. The van der Waals surface area contributed by atoms with E-state index >= 15 is 0 Å². The smallest absolute Gasteiger partial charge is 0.247 e. The number of nitrogens with zero attached hydrogens (tertiary/aromatic N) is 1. The van der Waals surface area contributed by atoms with Crippen LogP contribution in [0.5, 0.6) is 0 Å². The molecule has 17 heavy (non-hydrogen) atoms. The third-order valence-corrected chi connectivity index (χ3v) is 4.44. The van der Waals surface area contributed by atoms with Gasteiger partial charge in [0.2, 0.25) is 10.0 Å². The van der Waals surface area contributed by atoms with Crippen molar-refractivity contribution in [1.82, 2.24) is 4.31 Å². The minimum Gasteiger partial charge on any atom is -0.395 e. The lowest BCUT2D eigenvalue weighted by Crippen LogP contribution is -2.38. The van der Waals surface area contributed by atoms with Crippen LogP contribution in [0, 0.1) is 5.82 Å². The van der Waals surface area contributed by atoms with Gasteiger partial charge >= 0.3 is 0 Å². The van der Waals surface area contributed by atoms with Crippen molar-refractivity contribution < 1.29 is 17.5 Å². The molecule has 0 aromatic heterocycles. The Kier molecular flexibility index (Phi) is 3.32. The molecule has 1 aromatic carbocycles. The van der Waals surface area contributed by atoms with Gasteiger partial charge in [-0.15, -0.1) is 0 Å². The molecule has 0 amide bonds. The molecule has 1 aliphatic rings. The fraction of sp³-hybridized carbons (Fsp3) is 0.400. The lowest BCUT2D eigenvalue weighted by atomic mass is 10.3. The number of nitrogens with two attached hydrogens (primary N) is 1. The van der Waals surface area contributed by atoms with Crippen molar-refractivity contribution >= 4 is 15.7 Å². The molecular weight excluding hydrogens is 247 g/mol. The van der Waals surface area contributed by atoms with E-state index in [0.29, 0.717) is 19.6 Å². The van der Waals surface area contributed by atoms with Gasteiger partial charge in [0.05, 0.1) is 5.69 Å². The topological polar surface area (TPSA) is 72.6 Å². The van der Waals surface area contributed by atoms with Crippen molar-refractivity contribution in [2.45, 2.75) is 11.3 Å². The van der Waals surface area contributed by atoms with Crippen LogP contribution in [0.25, 0.3) is 0 Å². The number of sulfonamides is 1. The molecule has 2 N–H and O–H groups in total. The number of hydrogen-bond donors (Lipinski definition) is 1. The Morgan fingerprint density at radius 1 is 1.41 bits per heavy atom. The van der Waals surface area contributed by atoms with Crippen LogP contribution in [-0.2, 0) is 14.8 Å². The van der Waals surface area contributed by atoms with E-state index in [1.165, 1.54) is 12.1 Å². The summed E-state index contributed by atoms with van der Waals surface area (Å²) in [5.41, 5.74) is 5.10. The van der Waals surface area contributed by atoms with Crippen molar-refractivity contribution in [3.63, 3.8) is 0 Å². The van der Waals surface area contributed by atoms with Gasteiger partial charge in [0.25, 0.3) is 0 Å². The normalized spacial score (nSPS) is 18.2. The fourth-order valence-corrected chi connectivity index (χ4v) is 3.13. The second kappa shape index (κ2) is 4.59. The standard InChI is InChI=1S/C10H13FN2O3S/c11-8-3-1-4-9(10(8)12)17(14,15)13-5-2-6-16-7-13/h1,3-4H,2,5-7,12H2. The maximum Gasteiger partial charge on any atom is 0.247 e. The van der Waals surface area contributed by atoms with Crippen molar-refractivity contribution in [2.24, 2.45) is 0 Å². The van der Waals surface area contributed by atoms with E-state index in [1.807, 2.05) is 0 Å². The predicted molar refractivity (Wildman–Crippen MR) is 60.1 cm³/mol. The van der Waals surface area contributed by atoms with Crippen LogP contribution in [0.4, 0.5) is 10.1 Å². The Morgan fingerprint density at radius 2 is 2.18 bits per heavy atom. The summed E-state index contributed by atoms with van der Waals surface area (Å²) in [5.74, 6) is -0.732. The van der Waals surface area contributed by atoms with Gasteiger partial charge in [0.15, 0.2) is 0 Å². The van der Waals surface area contributed by atoms with E-state index in [-0.39, 0.29) is 17.3 Å². The number of ether oxygens (including phenoxy) is 1. The number of benzene rings is 1. The molecule has 0 aliphatic carbocycles. The summed E-state index contributed by atoms with van der Waals surface area (Å²) in [7, 11) is -3.77. The zero-order valence-electron chi connectivity index (χ0n) is 9.10. The van der Waals surface area contributed by atoms with Gasteiger partial charge < -0.3 is 10.5 Å². The average Bonchev–Trinajstić information content (AvgIpc) is 2.33. The Hall–Kier alpha value is -1.18. The fourth-order valence-electron chi connectivity index (χ4n) is 1.64. The first-order chi connectivity index (χ1) is 8.03. The summed E-state index contributed by atoms with van der Waals surface area (Å²) < 4.78 is 43.8. The van der Waals surface area contributed by atoms with E-state index in [4.69, 9.17) is 10.5 Å². The van der Waals surface area contributed by atoms with Crippen LogP contribution in [-0.4, -0.2) is 32.6 Å². The van der Waals surface area contributed by atoms with Crippen molar-refractivity contribution in [3.8, 4) is 0 Å². The molecular formula is C10H13FN2O3S. The Labute approximate surface area is 99.0 Å². The zero-order chi connectivity index (χ0) is 12.5. The second-order valence-electron chi connectivity index (χ2n) is 3.72. The van der Waals surface area contributed by atoms with Crippen LogP contribution < -0.4 is 5.73 Å². The number of hydrogen-bond acceptors (Lipinski definition) is 4. The number of halogens is 1. The minimum atomic E-state index is -3.77. The number of anilines is 1. The molecule has 2 rings (SSSR count). The maximum absolute atomic E-state index is 13.2. The van der Waals surface area contributed by atoms with Gasteiger partial charge in [-0.25, -0.2) is 12.8 Å². The first-order valence-corrected chi connectivity index (χ1v) is 6.59. The number of para-hydroxylation sites is 1. The molecule has 0 radical (unpaired) electrons. The van der Waals surface area contributed by atoms with Crippen LogP contribution in [0.2, 0.25) is 0 Å². The third-order valence-electron chi connectivity index (χ3n) is 2.56. The highest BCUT2D eigenvalue weighted by Crippen LogP contribution is 2.25. The summed E-state index contributed by atoms with van der Waals surface area (Å²) >= 11 is 0. The summed E-state index contributed by atoms with van der Waals surface area (Å²) in [6.45, 7) is 0.876. The first-order valence-electron chi connectivity index (χ1n) is 5.15. The summed E-state index contributed by atoms with van der Waals surface area (Å²) in [5, 5.41) is 0. The third kappa shape index (κ3) is 2.26. The quantitative estimate of drug-likeness (QED) is 0.797. The number of nitrogen functional groups attached to an aromatic ring is 1. The monoisotopic (exact) mass is 260 g/mol. The molecule has 0 atom stereocenters. The van der Waals surface area contributed by atoms with E-state index in [9.17, 15) is 12.8 Å². The molecule has 1 fully saturated rings. The molecule has 1 aromatic rings. The average molecular weight is 260 g/mol. The van der Waals surface area contributed by atoms with Crippen molar-refractivity contribution in [1.29, 1.82) is 0 Å². The van der Waals surface area contributed by atoms with E-state index in [1.54, 1.807) is 0 Å². The van der Waals surface area contributed by atoms with Crippen LogP contribution in [0.1, 0.15) is 6.42 Å². The van der Waals surface area contributed by atoms with Crippen molar-refractivity contribution in [3.05, 3.63) is 24.0 Å². The molecule has 5 nitrogen and oxygen atoms in total. The van der Waals surface area contributed by atoms with E-state index in [2.05, 4.69) is 0 Å². The molecule has 7 heteroatoms. The van der Waals surface area contributed by atoms with Crippen LogP contribution in [0.15, 0.2) is 23.1 Å². The maximum atomic E-state index is 13.2. The Bertz CT molecular complexity index is 512.